The van der Waals surface area contributed by atoms with Crippen molar-refractivity contribution in [3.63, 3.8) is 0 Å². The lowest BCUT2D eigenvalue weighted by Crippen LogP contribution is -2.19. The third kappa shape index (κ3) is 5.49. The zero-order valence-corrected chi connectivity index (χ0v) is 29.6. The second-order valence-corrected chi connectivity index (χ2v) is 14.8. The molecule has 9 aromatic rings. The van der Waals surface area contributed by atoms with Gasteiger partial charge in [-0.2, -0.15) is 0 Å². The van der Waals surface area contributed by atoms with Gasteiger partial charge < -0.3 is 4.90 Å². The summed E-state index contributed by atoms with van der Waals surface area (Å²) in [4.78, 5) is 2.45. The molecule has 0 spiro atoms. The van der Waals surface area contributed by atoms with Gasteiger partial charge in [0.2, 0.25) is 0 Å². The molecule has 1 heterocycles. The lowest BCUT2D eigenvalue weighted by molar-refractivity contribution is 0.641. The average molecular weight is 672 g/mol. The van der Waals surface area contributed by atoms with Gasteiger partial charge in [-0.15, -0.1) is 11.3 Å². The summed E-state index contributed by atoms with van der Waals surface area (Å²) in [7, 11) is 0. The van der Waals surface area contributed by atoms with E-state index in [-0.39, 0.29) is 5.41 Å². The molecule has 1 nitrogen and oxygen atoms in total. The van der Waals surface area contributed by atoms with Gasteiger partial charge in [0, 0.05) is 47.7 Å². The average Bonchev–Trinajstić information content (AvgIpc) is 3.59. The molecule has 244 valence electrons. The van der Waals surface area contributed by atoms with Crippen molar-refractivity contribution in [2.24, 2.45) is 0 Å². The Balaban J connectivity index is 1.31. The monoisotopic (exact) mass is 671 g/mol. The van der Waals surface area contributed by atoms with Gasteiger partial charge in [0.1, 0.15) is 0 Å². The number of hydrogen-bond acceptors (Lipinski definition) is 2. The van der Waals surface area contributed by atoms with E-state index >= 15 is 0 Å². The van der Waals surface area contributed by atoms with Crippen LogP contribution in [-0.4, -0.2) is 0 Å². The molecule has 0 bridgehead atoms. The molecule has 0 saturated heterocycles. The molecule has 8 aromatic carbocycles. The Morgan fingerprint density at radius 3 is 1.76 bits per heavy atom. The summed E-state index contributed by atoms with van der Waals surface area (Å²) in [5.41, 5.74) is 10.7. The first-order chi connectivity index (χ1) is 25.1. The van der Waals surface area contributed by atoms with Crippen molar-refractivity contribution in [3.8, 4) is 22.3 Å². The summed E-state index contributed by atoms with van der Waals surface area (Å²) >= 11 is 1.90. The van der Waals surface area contributed by atoms with E-state index in [0.29, 0.717) is 0 Å². The zero-order chi connectivity index (χ0) is 34.4. The number of benzene rings is 8. The fourth-order valence-electron chi connectivity index (χ4n) is 7.58. The molecule has 0 saturated carbocycles. The molecule has 0 unspecified atom stereocenters. The molecule has 0 amide bonds. The van der Waals surface area contributed by atoms with Crippen molar-refractivity contribution in [1.29, 1.82) is 0 Å². The third-order valence-electron chi connectivity index (χ3n) is 10.4. The minimum atomic E-state index is -0.178. The molecule has 51 heavy (non-hydrogen) atoms. The highest BCUT2D eigenvalue weighted by atomic mass is 32.1. The number of nitrogens with zero attached hydrogens (tertiary/aromatic N) is 1. The first kappa shape index (κ1) is 31.1. The van der Waals surface area contributed by atoms with Crippen LogP contribution in [0.2, 0.25) is 0 Å². The van der Waals surface area contributed by atoms with E-state index in [1.165, 1.54) is 64.3 Å². The smallest absolute Gasteiger partial charge is 0.0540 e. The Hall–Kier alpha value is -5.96. The number of fused-ring (bicyclic) bond motifs is 5. The zero-order valence-electron chi connectivity index (χ0n) is 28.8. The van der Waals surface area contributed by atoms with Gasteiger partial charge >= 0.3 is 0 Å². The van der Waals surface area contributed by atoms with Crippen molar-refractivity contribution < 1.29 is 0 Å². The molecule has 0 N–H and O–H groups in total. The summed E-state index contributed by atoms with van der Waals surface area (Å²) in [6, 6.07) is 68.6. The Morgan fingerprint density at radius 2 is 1.02 bits per heavy atom. The van der Waals surface area contributed by atoms with Crippen molar-refractivity contribution in [3.05, 3.63) is 199 Å². The Morgan fingerprint density at radius 1 is 0.431 bits per heavy atom. The molecule has 0 radical (unpaired) electrons. The van der Waals surface area contributed by atoms with E-state index in [0.717, 1.165) is 17.1 Å². The quantitative estimate of drug-likeness (QED) is 0.163. The fourth-order valence-corrected chi connectivity index (χ4v) is 8.83. The topological polar surface area (TPSA) is 3.24 Å². The van der Waals surface area contributed by atoms with Crippen LogP contribution in [-0.2, 0) is 5.41 Å². The standard InChI is InChI=1S/C49H37NS/c1-49(2,37-20-10-5-11-21-37)38-22-14-23-40(32-38)50(39-30-28-35(29-31-39)34-16-6-3-7-17-34)45-26-15-25-41-44(45)33-43(36-18-8-4-9-19-36)47-42-24-12-13-27-46(42)51-48(41)47/h3-33H,1-2H3. The van der Waals surface area contributed by atoms with Crippen LogP contribution in [0.3, 0.4) is 0 Å². The molecular formula is C49H37NS. The molecule has 2 heteroatoms. The third-order valence-corrected chi connectivity index (χ3v) is 11.6. The molecule has 9 rings (SSSR count). The minimum absolute atomic E-state index is 0.178. The van der Waals surface area contributed by atoms with E-state index in [2.05, 4.69) is 207 Å². The highest BCUT2D eigenvalue weighted by molar-refractivity contribution is 7.26. The van der Waals surface area contributed by atoms with Gasteiger partial charge in [-0.05, 0) is 75.8 Å². The van der Waals surface area contributed by atoms with Crippen LogP contribution in [0, 0.1) is 0 Å². The van der Waals surface area contributed by atoms with Crippen molar-refractivity contribution in [1.82, 2.24) is 0 Å². The van der Waals surface area contributed by atoms with Crippen molar-refractivity contribution >= 4 is 59.3 Å². The van der Waals surface area contributed by atoms with Gasteiger partial charge in [-0.1, -0.05) is 159 Å². The summed E-state index contributed by atoms with van der Waals surface area (Å²) in [6.45, 7) is 4.64. The van der Waals surface area contributed by atoms with Crippen LogP contribution in [0.4, 0.5) is 17.1 Å². The number of rotatable bonds is 7. The first-order valence-electron chi connectivity index (χ1n) is 17.6. The Kier molecular flexibility index (Phi) is 7.75. The fraction of sp³-hybridized carbons (Fsp3) is 0.0612. The molecule has 0 aliphatic heterocycles. The largest absolute Gasteiger partial charge is 0.310 e. The second kappa shape index (κ2) is 12.7. The highest BCUT2D eigenvalue weighted by Gasteiger charge is 2.25. The number of thiophene rings is 1. The maximum atomic E-state index is 2.45. The number of hydrogen-bond donors (Lipinski definition) is 0. The minimum Gasteiger partial charge on any atom is -0.310 e. The van der Waals surface area contributed by atoms with Crippen molar-refractivity contribution in [2.45, 2.75) is 19.3 Å². The first-order valence-corrected chi connectivity index (χ1v) is 18.4. The van der Waals surface area contributed by atoms with E-state index in [9.17, 15) is 0 Å². The van der Waals surface area contributed by atoms with Crippen LogP contribution < -0.4 is 4.90 Å². The SMILES string of the molecule is CC(C)(c1ccccc1)c1cccc(N(c2ccc(-c3ccccc3)cc2)c2cccc3c2cc(-c2ccccc2)c2c4ccccc4sc32)c1. The molecule has 0 aliphatic carbocycles. The van der Waals surface area contributed by atoms with Crippen LogP contribution in [0.5, 0.6) is 0 Å². The van der Waals surface area contributed by atoms with Gasteiger partial charge in [-0.25, -0.2) is 0 Å². The molecular weight excluding hydrogens is 635 g/mol. The summed E-state index contributed by atoms with van der Waals surface area (Å²) in [6.07, 6.45) is 0. The van der Waals surface area contributed by atoms with Gasteiger partial charge in [0.05, 0.1) is 5.69 Å². The second-order valence-electron chi connectivity index (χ2n) is 13.8. The van der Waals surface area contributed by atoms with Gasteiger partial charge in [-0.3, -0.25) is 0 Å². The molecule has 1 aromatic heterocycles. The lowest BCUT2D eigenvalue weighted by atomic mass is 9.78. The maximum Gasteiger partial charge on any atom is 0.0540 e. The van der Waals surface area contributed by atoms with Gasteiger partial charge in [0.15, 0.2) is 0 Å². The lowest BCUT2D eigenvalue weighted by Gasteiger charge is -2.31. The van der Waals surface area contributed by atoms with Crippen LogP contribution in [0.15, 0.2) is 188 Å². The molecule has 0 aliphatic rings. The predicted molar refractivity (Wildman–Crippen MR) is 221 cm³/mol. The Labute approximate surface area is 303 Å². The normalized spacial score (nSPS) is 11.7. The van der Waals surface area contributed by atoms with E-state index in [4.69, 9.17) is 0 Å². The van der Waals surface area contributed by atoms with E-state index < -0.39 is 0 Å². The molecule has 0 fully saturated rings. The Bertz CT molecular complexity index is 2640. The van der Waals surface area contributed by atoms with E-state index in [1.807, 2.05) is 11.3 Å². The van der Waals surface area contributed by atoms with Crippen molar-refractivity contribution in [2.75, 3.05) is 4.90 Å². The molecule has 0 atom stereocenters. The predicted octanol–water partition coefficient (Wildman–Crippen LogP) is 14.3. The van der Waals surface area contributed by atoms with Gasteiger partial charge in [0.25, 0.3) is 0 Å². The van der Waals surface area contributed by atoms with Crippen LogP contribution in [0.25, 0.3) is 53.2 Å². The summed E-state index contributed by atoms with van der Waals surface area (Å²) in [5.74, 6) is 0. The number of anilines is 3. The van der Waals surface area contributed by atoms with Crippen LogP contribution >= 0.6 is 11.3 Å². The van der Waals surface area contributed by atoms with Crippen LogP contribution in [0.1, 0.15) is 25.0 Å². The van der Waals surface area contributed by atoms with E-state index in [1.54, 1.807) is 0 Å². The summed E-state index contributed by atoms with van der Waals surface area (Å²) in [5, 5.41) is 5.15. The highest BCUT2D eigenvalue weighted by Crippen LogP contribution is 2.48. The maximum absolute atomic E-state index is 2.45. The summed E-state index contributed by atoms with van der Waals surface area (Å²) < 4.78 is 2.64.